The number of hydrogen-bond donors (Lipinski definition) is 0. The maximum absolute atomic E-state index is 2.34. The molecule has 0 aromatic heterocycles. The van der Waals surface area contributed by atoms with Gasteiger partial charge in [-0.1, -0.05) is 140 Å². The monoisotopic (exact) mass is 499 g/mol. The molecule has 186 valence electrons. The van der Waals surface area contributed by atoms with E-state index in [1.807, 2.05) is 6.07 Å². The first-order valence-corrected chi connectivity index (χ1v) is 13.3. The fourth-order valence-corrected chi connectivity index (χ4v) is 4.85. The third kappa shape index (κ3) is 5.74. The first-order valence-electron chi connectivity index (χ1n) is 13.3. The Bertz CT molecular complexity index is 1590. The maximum atomic E-state index is 2.34. The van der Waals surface area contributed by atoms with Gasteiger partial charge < -0.3 is 4.90 Å². The van der Waals surface area contributed by atoms with E-state index in [1.165, 1.54) is 33.4 Å². The molecule has 0 saturated heterocycles. The van der Waals surface area contributed by atoms with Gasteiger partial charge in [0.1, 0.15) is 0 Å². The van der Waals surface area contributed by atoms with E-state index >= 15 is 0 Å². The second kappa shape index (κ2) is 11.5. The maximum Gasteiger partial charge on any atom is 0.0467 e. The van der Waals surface area contributed by atoms with Crippen molar-refractivity contribution in [3.8, 4) is 22.3 Å². The van der Waals surface area contributed by atoms with E-state index in [0.29, 0.717) is 0 Å². The first kappa shape index (κ1) is 24.2. The minimum absolute atomic E-state index is 1.11. The molecule has 6 aromatic carbocycles. The lowest BCUT2D eigenvalue weighted by Gasteiger charge is -2.26. The average Bonchev–Trinajstić information content (AvgIpc) is 3.02. The summed E-state index contributed by atoms with van der Waals surface area (Å²) >= 11 is 0. The van der Waals surface area contributed by atoms with Gasteiger partial charge in [0.15, 0.2) is 0 Å². The van der Waals surface area contributed by atoms with Crippen molar-refractivity contribution >= 4 is 29.2 Å². The third-order valence-corrected chi connectivity index (χ3v) is 6.84. The summed E-state index contributed by atoms with van der Waals surface area (Å²) in [5, 5.41) is 0. The van der Waals surface area contributed by atoms with Crippen molar-refractivity contribution in [3.63, 3.8) is 0 Å². The molecular formula is C38H29N. The second-order valence-corrected chi connectivity index (χ2v) is 9.50. The molecule has 0 aliphatic heterocycles. The molecule has 0 atom stereocenters. The lowest BCUT2D eigenvalue weighted by Crippen LogP contribution is -2.10. The molecular weight excluding hydrogens is 470 g/mol. The number of hydrogen-bond acceptors (Lipinski definition) is 1. The smallest absolute Gasteiger partial charge is 0.0467 e. The molecule has 1 heteroatoms. The van der Waals surface area contributed by atoms with Crippen LogP contribution >= 0.6 is 0 Å². The number of rotatable bonds is 7. The third-order valence-electron chi connectivity index (χ3n) is 6.84. The Labute approximate surface area is 231 Å². The zero-order valence-corrected chi connectivity index (χ0v) is 21.7. The summed E-state index contributed by atoms with van der Waals surface area (Å²) < 4.78 is 0. The molecule has 0 unspecified atom stereocenters. The van der Waals surface area contributed by atoms with Gasteiger partial charge in [0.25, 0.3) is 0 Å². The molecule has 6 rings (SSSR count). The Morgan fingerprint density at radius 1 is 0.308 bits per heavy atom. The molecule has 0 fully saturated rings. The minimum atomic E-state index is 1.11. The van der Waals surface area contributed by atoms with E-state index in [9.17, 15) is 0 Å². The molecule has 0 aliphatic rings. The van der Waals surface area contributed by atoms with Gasteiger partial charge in [-0.15, -0.1) is 0 Å². The zero-order chi connectivity index (χ0) is 26.3. The molecule has 0 saturated carbocycles. The predicted octanol–water partition coefficient (Wildman–Crippen LogP) is 10.7. The van der Waals surface area contributed by atoms with Crippen LogP contribution in [0.4, 0.5) is 17.1 Å². The van der Waals surface area contributed by atoms with E-state index in [-0.39, 0.29) is 0 Å². The highest BCUT2D eigenvalue weighted by atomic mass is 15.1. The standard InChI is InChI=1S/C38H29N/c1-4-12-30(13-5-1)22-23-31-24-26-36(27-25-31)39(37-20-10-18-34(28-37)32-14-6-2-7-15-32)38-21-11-19-35(29-38)33-16-8-3-9-17-33/h1-29H/b23-22+. The van der Waals surface area contributed by atoms with Gasteiger partial charge in [-0.25, -0.2) is 0 Å². The van der Waals surface area contributed by atoms with Crippen molar-refractivity contribution in [2.45, 2.75) is 0 Å². The molecule has 0 amide bonds. The van der Waals surface area contributed by atoms with E-state index in [1.54, 1.807) is 0 Å². The summed E-state index contributed by atoms with van der Waals surface area (Å²) in [4.78, 5) is 2.34. The van der Waals surface area contributed by atoms with Crippen molar-refractivity contribution in [1.82, 2.24) is 0 Å². The van der Waals surface area contributed by atoms with Crippen LogP contribution in [0.25, 0.3) is 34.4 Å². The molecule has 39 heavy (non-hydrogen) atoms. The lowest BCUT2D eigenvalue weighted by atomic mass is 10.0. The quantitative estimate of drug-likeness (QED) is 0.197. The van der Waals surface area contributed by atoms with Gasteiger partial charge in [-0.3, -0.25) is 0 Å². The summed E-state index contributed by atoms with van der Waals surface area (Å²) in [6.07, 6.45) is 4.31. The van der Waals surface area contributed by atoms with E-state index in [4.69, 9.17) is 0 Å². The molecule has 6 aromatic rings. The fraction of sp³-hybridized carbons (Fsp3) is 0. The Morgan fingerprint density at radius 2 is 0.718 bits per heavy atom. The molecule has 0 N–H and O–H groups in total. The van der Waals surface area contributed by atoms with Crippen LogP contribution in [0.2, 0.25) is 0 Å². The van der Waals surface area contributed by atoms with Crippen LogP contribution in [0.5, 0.6) is 0 Å². The summed E-state index contributed by atoms with van der Waals surface area (Å²) in [5.41, 5.74) is 10.5. The van der Waals surface area contributed by atoms with E-state index in [2.05, 4.69) is 175 Å². The van der Waals surface area contributed by atoms with Crippen LogP contribution in [0, 0.1) is 0 Å². The van der Waals surface area contributed by atoms with Gasteiger partial charge in [-0.05, 0) is 69.8 Å². The summed E-state index contributed by atoms with van der Waals surface area (Å²) in [7, 11) is 0. The van der Waals surface area contributed by atoms with Gasteiger partial charge in [0.2, 0.25) is 0 Å². The van der Waals surface area contributed by atoms with Crippen molar-refractivity contribution < 1.29 is 0 Å². The lowest BCUT2D eigenvalue weighted by molar-refractivity contribution is 1.28. The number of benzene rings is 6. The van der Waals surface area contributed by atoms with E-state index in [0.717, 1.165) is 17.1 Å². The number of nitrogens with zero attached hydrogens (tertiary/aromatic N) is 1. The summed E-state index contributed by atoms with van der Waals surface area (Å²) in [5.74, 6) is 0. The van der Waals surface area contributed by atoms with Crippen molar-refractivity contribution in [1.29, 1.82) is 0 Å². The average molecular weight is 500 g/mol. The Morgan fingerprint density at radius 3 is 1.21 bits per heavy atom. The van der Waals surface area contributed by atoms with Gasteiger partial charge in [0.05, 0.1) is 0 Å². The Hall–Kier alpha value is -5.14. The highest BCUT2D eigenvalue weighted by molar-refractivity contribution is 5.83. The van der Waals surface area contributed by atoms with Crippen LogP contribution in [-0.2, 0) is 0 Å². The van der Waals surface area contributed by atoms with Crippen LogP contribution in [0.1, 0.15) is 11.1 Å². The molecule has 1 nitrogen and oxygen atoms in total. The van der Waals surface area contributed by atoms with Crippen molar-refractivity contribution in [3.05, 3.63) is 175 Å². The Kier molecular flexibility index (Phi) is 7.14. The van der Waals surface area contributed by atoms with Crippen LogP contribution in [-0.4, -0.2) is 0 Å². The highest BCUT2D eigenvalue weighted by Crippen LogP contribution is 2.38. The number of anilines is 3. The normalized spacial score (nSPS) is 11.0. The molecule has 0 aliphatic carbocycles. The van der Waals surface area contributed by atoms with Gasteiger partial charge in [-0.2, -0.15) is 0 Å². The summed E-state index contributed by atoms with van der Waals surface area (Å²) in [6, 6.07) is 57.8. The molecule has 0 bridgehead atoms. The zero-order valence-electron chi connectivity index (χ0n) is 21.7. The SMILES string of the molecule is C(=C\c1ccc(N(c2cccc(-c3ccccc3)c2)c2cccc(-c3ccccc3)c2)cc1)/c1ccccc1. The van der Waals surface area contributed by atoms with Gasteiger partial charge in [0, 0.05) is 17.1 Å². The van der Waals surface area contributed by atoms with Crippen LogP contribution in [0.3, 0.4) is 0 Å². The topological polar surface area (TPSA) is 3.24 Å². The highest BCUT2D eigenvalue weighted by Gasteiger charge is 2.14. The Balaban J connectivity index is 1.41. The first-order chi connectivity index (χ1) is 19.3. The fourth-order valence-electron chi connectivity index (χ4n) is 4.85. The molecule has 0 radical (unpaired) electrons. The van der Waals surface area contributed by atoms with Crippen LogP contribution < -0.4 is 4.90 Å². The van der Waals surface area contributed by atoms with Crippen LogP contribution in [0.15, 0.2) is 164 Å². The van der Waals surface area contributed by atoms with Crippen molar-refractivity contribution in [2.75, 3.05) is 4.90 Å². The predicted molar refractivity (Wildman–Crippen MR) is 167 cm³/mol. The minimum Gasteiger partial charge on any atom is -0.310 e. The van der Waals surface area contributed by atoms with Crippen molar-refractivity contribution in [2.24, 2.45) is 0 Å². The van der Waals surface area contributed by atoms with E-state index < -0.39 is 0 Å². The molecule has 0 spiro atoms. The largest absolute Gasteiger partial charge is 0.310 e. The van der Waals surface area contributed by atoms with Gasteiger partial charge >= 0.3 is 0 Å². The summed E-state index contributed by atoms with van der Waals surface area (Å²) in [6.45, 7) is 0. The second-order valence-electron chi connectivity index (χ2n) is 9.50. The molecule has 0 heterocycles.